The lowest BCUT2D eigenvalue weighted by Gasteiger charge is -2.27. The molecule has 0 saturated heterocycles. The van der Waals surface area contributed by atoms with Gasteiger partial charge < -0.3 is 15.4 Å². The molecular formula is C12H19BrN2O. The van der Waals surface area contributed by atoms with Crippen LogP contribution < -0.4 is 15.4 Å². The Morgan fingerprint density at radius 1 is 1.50 bits per heavy atom. The van der Waals surface area contributed by atoms with Gasteiger partial charge in [0.1, 0.15) is 5.75 Å². The maximum atomic E-state index is 5.56. The second kappa shape index (κ2) is 6.11. The minimum atomic E-state index is 0.435. The summed E-state index contributed by atoms with van der Waals surface area (Å²) in [5, 5.41) is 0. The third-order valence-corrected chi connectivity index (χ3v) is 3.41. The predicted octanol–water partition coefficient (Wildman–Crippen LogP) is 2.63. The fourth-order valence-corrected chi connectivity index (χ4v) is 2.09. The number of hydrogen-bond acceptors (Lipinski definition) is 3. The Morgan fingerprint density at radius 3 is 2.69 bits per heavy atom. The summed E-state index contributed by atoms with van der Waals surface area (Å²) in [4.78, 5) is 2.22. The van der Waals surface area contributed by atoms with E-state index in [1.54, 1.807) is 7.11 Å². The average molecular weight is 287 g/mol. The van der Waals surface area contributed by atoms with E-state index in [0.29, 0.717) is 12.6 Å². The highest BCUT2D eigenvalue weighted by Gasteiger charge is 2.10. The monoisotopic (exact) mass is 286 g/mol. The smallest absolute Gasteiger partial charge is 0.133 e. The Morgan fingerprint density at radius 2 is 2.19 bits per heavy atom. The van der Waals surface area contributed by atoms with Crippen LogP contribution in [0.5, 0.6) is 5.75 Å². The number of anilines is 1. The molecule has 0 aromatic heterocycles. The molecule has 1 aromatic carbocycles. The van der Waals surface area contributed by atoms with Crippen molar-refractivity contribution in [3.8, 4) is 5.75 Å². The third kappa shape index (κ3) is 3.12. The first-order valence-corrected chi connectivity index (χ1v) is 6.16. The minimum absolute atomic E-state index is 0.435. The number of benzene rings is 1. The zero-order valence-electron chi connectivity index (χ0n) is 10.0. The lowest BCUT2D eigenvalue weighted by atomic mass is 10.2. The van der Waals surface area contributed by atoms with Gasteiger partial charge in [-0.1, -0.05) is 0 Å². The van der Waals surface area contributed by atoms with E-state index in [2.05, 4.69) is 46.9 Å². The molecule has 4 heteroatoms. The van der Waals surface area contributed by atoms with Crippen LogP contribution in [-0.2, 0) is 0 Å². The molecule has 1 rings (SSSR count). The average Bonchev–Trinajstić information content (AvgIpc) is 2.28. The summed E-state index contributed by atoms with van der Waals surface area (Å²) in [6.07, 6.45) is 0.986. The number of nitrogens with two attached hydrogens (primary N) is 1. The van der Waals surface area contributed by atoms with Crippen LogP contribution in [0.15, 0.2) is 22.7 Å². The maximum absolute atomic E-state index is 5.56. The van der Waals surface area contributed by atoms with Crippen LogP contribution in [0.3, 0.4) is 0 Å². The molecule has 0 radical (unpaired) electrons. The van der Waals surface area contributed by atoms with Crippen LogP contribution in [0.2, 0.25) is 0 Å². The summed E-state index contributed by atoms with van der Waals surface area (Å²) >= 11 is 3.49. The summed E-state index contributed by atoms with van der Waals surface area (Å²) < 4.78 is 6.17. The second-order valence-corrected chi connectivity index (χ2v) is 4.71. The van der Waals surface area contributed by atoms with Crippen LogP contribution in [0.25, 0.3) is 0 Å². The van der Waals surface area contributed by atoms with Gasteiger partial charge in [0.25, 0.3) is 0 Å². The third-order valence-electron chi connectivity index (χ3n) is 2.79. The van der Waals surface area contributed by atoms with Crippen molar-refractivity contribution >= 4 is 21.6 Å². The van der Waals surface area contributed by atoms with E-state index >= 15 is 0 Å². The van der Waals surface area contributed by atoms with Gasteiger partial charge in [0, 0.05) is 18.8 Å². The van der Waals surface area contributed by atoms with Crippen molar-refractivity contribution in [2.24, 2.45) is 5.73 Å². The summed E-state index contributed by atoms with van der Waals surface area (Å²) in [5.74, 6) is 0.851. The van der Waals surface area contributed by atoms with Gasteiger partial charge in [-0.3, -0.25) is 0 Å². The summed E-state index contributed by atoms with van der Waals surface area (Å²) in [6, 6.07) is 6.51. The van der Waals surface area contributed by atoms with Gasteiger partial charge in [0.15, 0.2) is 0 Å². The van der Waals surface area contributed by atoms with Gasteiger partial charge in [-0.15, -0.1) is 0 Å². The van der Waals surface area contributed by atoms with Crippen LogP contribution in [0, 0.1) is 0 Å². The predicted molar refractivity (Wildman–Crippen MR) is 72.2 cm³/mol. The standard InChI is InChI=1S/C12H19BrN2O/c1-9(6-7-14)15(2)10-4-5-12(16-3)11(13)8-10/h4-5,8-9H,6-7,14H2,1-3H3. The molecule has 90 valence electrons. The molecule has 0 bridgehead atoms. The molecule has 0 spiro atoms. The van der Waals surface area contributed by atoms with Crippen molar-refractivity contribution < 1.29 is 4.74 Å². The molecule has 16 heavy (non-hydrogen) atoms. The highest BCUT2D eigenvalue weighted by Crippen LogP contribution is 2.29. The molecular weight excluding hydrogens is 268 g/mol. The van der Waals surface area contributed by atoms with Crippen LogP contribution in [-0.4, -0.2) is 26.7 Å². The Labute approximate surface area is 106 Å². The number of hydrogen-bond donors (Lipinski definition) is 1. The van der Waals surface area contributed by atoms with E-state index in [0.717, 1.165) is 22.3 Å². The normalized spacial score (nSPS) is 12.3. The number of methoxy groups -OCH3 is 1. The zero-order valence-corrected chi connectivity index (χ0v) is 11.6. The first kappa shape index (κ1) is 13.3. The zero-order chi connectivity index (χ0) is 12.1. The lowest BCUT2D eigenvalue weighted by Crippen LogP contribution is -2.30. The van der Waals surface area contributed by atoms with Crippen molar-refractivity contribution in [2.45, 2.75) is 19.4 Å². The fourth-order valence-electron chi connectivity index (χ4n) is 1.56. The van der Waals surface area contributed by atoms with E-state index in [1.807, 2.05) is 6.07 Å². The fraction of sp³-hybridized carbons (Fsp3) is 0.500. The van der Waals surface area contributed by atoms with E-state index in [-0.39, 0.29) is 0 Å². The first-order chi connectivity index (χ1) is 7.60. The molecule has 0 fully saturated rings. The van der Waals surface area contributed by atoms with Gasteiger partial charge in [-0.05, 0) is 54.0 Å². The summed E-state index contributed by atoms with van der Waals surface area (Å²) in [7, 11) is 3.75. The Bertz CT molecular complexity index is 344. The second-order valence-electron chi connectivity index (χ2n) is 3.86. The van der Waals surface area contributed by atoms with Gasteiger partial charge in [-0.25, -0.2) is 0 Å². The highest BCUT2D eigenvalue weighted by atomic mass is 79.9. The number of rotatable bonds is 5. The molecule has 2 N–H and O–H groups in total. The van der Waals surface area contributed by atoms with Crippen molar-refractivity contribution in [3.63, 3.8) is 0 Å². The molecule has 0 aliphatic rings. The minimum Gasteiger partial charge on any atom is -0.496 e. The van der Waals surface area contributed by atoms with Crippen molar-refractivity contribution in [1.29, 1.82) is 0 Å². The molecule has 1 unspecified atom stereocenters. The Balaban J connectivity index is 2.84. The van der Waals surface area contributed by atoms with E-state index < -0.39 is 0 Å². The van der Waals surface area contributed by atoms with E-state index in [1.165, 1.54) is 0 Å². The SMILES string of the molecule is COc1ccc(N(C)C(C)CCN)cc1Br. The Kier molecular flexibility index (Phi) is 5.09. The first-order valence-electron chi connectivity index (χ1n) is 5.36. The molecule has 0 aliphatic heterocycles. The molecule has 1 aromatic rings. The lowest BCUT2D eigenvalue weighted by molar-refractivity contribution is 0.412. The highest BCUT2D eigenvalue weighted by molar-refractivity contribution is 9.10. The largest absolute Gasteiger partial charge is 0.496 e. The van der Waals surface area contributed by atoms with Crippen molar-refractivity contribution in [3.05, 3.63) is 22.7 Å². The quantitative estimate of drug-likeness (QED) is 0.904. The molecule has 0 heterocycles. The molecule has 3 nitrogen and oxygen atoms in total. The van der Waals surface area contributed by atoms with Gasteiger partial charge in [0.2, 0.25) is 0 Å². The molecule has 0 amide bonds. The maximum Gasteiger partial charge on any atom is 0.133 e. The van der Waals surface area contributed by atoms with Gasteiger partial charge in [0.05, 0.1) is 11.6 Å². The van der Waals surface area contributed by atoms with E-state index in [4.69, 9.17) is 10.5 Å². The summed E-state index contributed by atoms with van der Waals surface area (Å²) in [5.41, 5.74) is 6.73. The van der Waals surface area contributed by atoms with Gasteiger partial charge in [-0.2, -0.15) is 0 Å². The van der Waals surface area contributed by atoms with Crippen LogP contribution >= 0.6 is 15.9 Å². The van der Waals surface area contributed by atoms with Crippen LogP contribution in [0.1, 0.15) is 13.3 Å². The molecule has 0 saturated carbocycles. The van der Waals surface area contributed by atoms with Gasteiger partial charge >= 0.3 is 0 Å². The van der Waals surface area contributed by atoms with Crippen molar-refractivity contribution in [1.82, 2.24) is 0 Å². The topological polar surface area (TPSA) is 38.5 Å². The summed E-state index contributed by atoms with van der Waals surface area (Å²) in [6.45, 7) is 2.88. The Hall–Kier alpha value is -0.740. The van der Waals surface area contributed by atoms with E-state index in [9.17, 15) is 0 Å². The number of halogens is 1. The molecule has 0 aliphatic carbocycles. The van der Waals surface area contributed by atoms with Crippen LogP contribution in [0.4, 0.5) is 5.69 Å². The number of nitrogens with zero attached hydrogens (tertiary/aromatic N) is 1. The van der Waals surface area contributed by atoms with Crippen molar-refractivity contribution in [2.75, 3.05) is 25.6 Å². The molecule has 1 atom stereocenters. The number of ether oxygens (including phenoxy) is 1.